The third-order valence-corrected chi connectivity index (χ3v) is 2.58. The van der Waals surface area contributed by atoms with Crippen molar-refractivity contribution in [2.24, 2.45) is 0 Å². The average Bonchev–Trinajstić information content (AvgIpc) is 2.37. The fourth-order valence-electron chi connectivity index (χ4n) is 1.51. The number of ether oxygens (including phenoxy) is 2. The van der Waals surface area contributed by atoms with E-state index in [0.717, 1.165) is 18.0 Å². The first-order valence-electron chi connectivity index (χ1n) is 6.25. The second-order valence-electron chi connectivity index (χ2n) is 4.57. The summed E-state index contributed by atoms with van der Waals surface area (Å²) in [5, 5.41) is 3.07. The van der Waals surface area contributed by atoms with Gasteiger partial charge in [-0.3, -0.25) is 0 Å². The van der Waals surface area contributed by atoms with Gasteiger partial charge in [-0.15, -0.1) is 0 Å². The molecule has 1 atom stereocenters. The average molecular weight is 266 g/mol. The number of hydrogen-bond acceptors (Lipinski definition) is 5. The molecule has 0 saturated carbocycles. The molecule has 0 saturated heterocycles. The van der Waals surface area contributed by atoms with Gasteiger partial charge in [-0.2, -0.15) is 0 Å². The maximum Gasteiger partial charge on any atom is 0.327 e. The third-order valence-electron chi connectivity index (χ3n) is 2.58. The smallest absolute Gasteiger partial charge is 0.327 e. The van der Waals surface area contributed by atoms with Gasteiger partial charge in [0.1, 0.15) is 18.4 Å². The van der Waals surface area contributed by atoms with Gasteiger partial charge in [-0.05, 0) is 33.2 Å². The Kier molecular flexibility index (Phi) is 6.15. The molecule has 1 unspecified atom stereocenters. The van der Waals surface area contributed by atoms with E-state index in [-0.39, 0.29) is 12.0 Å². The van der Waals surface area contributed by atoms with Crippen LogP contribution in [-0.4, -0.2) is 51.3 Å². The summed E-state index contributed by atoms with van der Waals surface area (Å²) in [5.41, 5.74) is 0.834. The topological polar surface area (TPSA) is 50.8 Å². The summed E-state index contributed by atoms with van der Waals surface area (Å²) in [5.74, 6) is 0.489. The van der Waals surface area contributed by atoms with Crippen LogP contribution in [0.3, 0.4) is 0 Å². The molecule has 0 aliphatic carbocycles. The number of rotatable bonds is 7. The number of methoxy groups -OCH3 is 1. The maximum absolute atomic E-state index is 11.3. The Bertz CT molecular complexity index is 407. The molecule has 106 valence electrons. The molecule has 0 amide bonds. The van der Waals surface area contributed by atoms with Crippen LogP contribution in [0.4, 0.5) is 5.69 Å². The van der Waals surface area contributed by atoms with Crippen LogP contribution in [0.25, 0.3) is 0 Å². The Morgan fingerprint density at radius 3 is 2.79 bits per heavy atom. The van der Waals surface area contributed by atoms with Gasteiger partial charge in [0.05, 0.1) is 7.11 Å². The van der Waals surface area contributed by atoms with Gasteiger partial charge < -0.3 is 19.7 Å². The lowest BCUT2D eigenvalue weighted by Crippen LogP contribution is -2.27. The summed E-state index contributed by atoms with van der Waals surface area (Å²) in [4.78, 5) is 13.4. The molecule has 0 fully saturated rings. The lowest BCUT2D eigenvalue weighted by atomic mass is 10.2. The number of anilines is 1. The van der Waals surface area contributed by atoms with Crippen molar-refractivity contribution >= 4 is 11.7 Å². The zero-order chi connectivity index (χ0) is 14.3. The third kappa shape index (κ3) is 5.61. The highest BCUT2D eigenvalue weighted by atomic mass is 16.5. The molecule has 1 rings (SSSR count). The van der Waals surface area contributed by atoms with Crippen molar-refractivity contribution in [3.63, 3.8) is 0 Å². The molecule has 5 nitrogen and oxygen atoms in total. The van der Waals surface area contributed by atoms with Gasteiger partial charge in [-0.1, -0.05) is 6.07 Å². The predicted molar refractivity (Wildman–Crippen MR) is 75.6 cm³/mol. The lowest BCUT2D eigenvalue weighted by molar-refractivity contribution is -0.141. The first-order chi connectivity index (χ1) is 9.02. The standard InChI is InChI=1S/C14H22N2O3/c1-11(14(17)18-4)15-12-6-5-7-13(10-12)19-9-8-16(2)3/h5-7,10-11,15H,8-9H2,1-4H3. The minimum absolute atomic E-state index is 0.293. The number of benzene rings is 1. The molecule has 19 heavy (non-hydrogen) atoms. The van der Waals surface area contributed by atoms with Crippen molar-refractivity contribution in [3.8, 4) is 5.75 Å². The largest absolute Gasteiger partial charge is 0.492 e. The van der Waals surface area contributed by atoms with E-state index >= 15 is 0 Å². The first kappa shape index (κ1) is 15.3. The number of hydrogen-bond donors (Lipinski definition) is 1. The number of likely N-dealkylation sites (N-methyl/N-ethyl adjacent to an activating group) is 1. The quantitative estimate of drug-likeness (QED) is 0.760. The minimum atomic E-state index is -0.387. The molecule has 0 bridgehead atoms. The SMILES string of the molecule is COC(=O)C(C)Nc1cccc(OCCN(C)C)c1. The summed E-state index contributed by atoms with van der Waals surface area (Å²) < 4.78 is 10.3. The van der Waals surface area contributed by atoms with E-state index in [9.17, 15) is 4.79 Å². The lowest BCUT2D eigenvalue weighted by Gasteiger charge is -2.15. The van der Waals surface area contributed by atoms with Crippen molar-refractivity contribution in [2.75, 3.05) is 39.7 Å². The molecule has 0 aromatic heterocycles. The predicted octanol–water partition coefficient (Wildman–Crippen LogP) is 1.60. The molecule has 0 heterocycles. The highest BCUT2D eigenvalue weighted by Gasteiger charge is 2.12. The van der Waals surface area contributed by atoms with Gasteiger partial charge in [-0.25, -0.2) is 4.79 Å². The highest BCUT2D eigenvalue weighted by Crippen LogP contribution is 2.18. The summed E-state index contributed by atoms with van der Waals surface area (Å²) in [6, 6.07) is 7.15. The van der Waals surface area contributed by atoms with Gasteiger partial charge in [0.15, 0.2) is 0 Å². The first-order valence-corrected chi connectivity index (χ1v) is 6.25. The van der Waals surface area contributed by atoms with Crippen LogP contribution in [0.1, 0.15) is 6.92 Å². The molecule has 0 radical (unpaired) electrons. The van der Waals surface area contributed by atoms with Gasteiger partial charge in [0.2, 0.25) is 0 Å². The van der Waals surface area contributed by atoms with Crippen molar-refractivity contribution in [2.45, 2.75) is 13.0 Å². The van der Waals surface area contributed by atoms with Crippen LogP contribution in [0.2, 0.25) is 0 Å². The summed E-state index contributed by atoms with van der Waals surface area (Å²) in [6.07, 6.45) is 0. The van der Waals surface area contributed by atoms with E-state index in [1.54, 1.807) is 6.92 Å². The number of esters is 1. The van der Waals surface area contributed by atoms with Crippen LogP contribution in [-0.2, 0) is 9.53 Å². The fraction of sp³-hybridized carbons (Fsp3) is 0.500. The maximum atomic E-state index is 11.3. The van der Waals surface area contributed by atoms with Gasteiger partial charge >= 0.3 is 5.97 Å². The van der Waals surface area contributed by atoms with E-state index in [0.29, 0.717) is 6.61 Å². The van der Waals surface area contributed by atoms with Crippen molar-refractivity contribution in [1.82, 2.24) is 4.90 Å². The number of nitrogens with one attached hydrogen (secondary N) is 1. The normalized spacial score (nSPS) is 12.1. The van der Waals surface area contributed by atoms with Gasteiger partial charge in [0, 0.05) is 18.3 Å². The van der Waals surface area contributed by atoms with Crippen molar-refractivity contribution in [3.05, 3.63) is 24.3 Å². The molecule has 5 heteroatoms. The zero-order valence-corrected chi connectivity index (χ0v) is 12.0. The van der Waals surface area contributed by atoms with Crippen LogP contribution >= 0.6 is 0 Å². The number of carbonyl (C=O) groups is 1. The van der Waals surface area contributed by atoms with Crippen molar-refractivity contribution < 1.29 is 14.3 Å². The molecular formula is C14H22N2O3. The van der Waals surface area contributed by atoms with E-state index in [2.05, 4.69) is 15.0 Å². The molecule has 1 aromatic carbocycles. The van der Waals surface area contributed by atoms with Crippen LogP contribution < -0.4 is 10.1 Å². The van der Waals surface area contributed by atoms with Crippen LogP contribution in [0.5, 0.6) is 5.75 Å². The van der Waals surface area contributed by atoms with E-state index in [1.807, 2.05) is 38.4 Å². The second-order valence-corrected chi connectivity index (χ2v) is 4.57. The van der Waals surface area contributed by atoms with Crippen LogP contribution in [0.15, 0.2) is 24.3 Å². The molecular weight excluding hydrogens is 244 g/mol. The minimum Gasteiger partial charge on any atom is -0.492 e. The van der Waals surface area contributed by atoms with E-state index in [4.69, 9.17) is 4.74 Å². The van der Waals surface area contributed by atoms with Crippen molar-refractivity contribution in [1.29, 1.82) is 0 Å². The Balaban J connectivity index is 2.54. The van der Waals surface area contributed by atoms with Gasteiger partial charge in [0.25, 0.3) is 0 Å². The molecule has 0 spiro atoms. The Morgan fingerprint density at radius 2 is 2.16 bits per heavy atom. The van der Waals surface area contributed by atoms with Crippen LogP contribution in [0, 0.1) is 0 Å². The summed E-state index contributed by atoms with van der Waals surface area (Å²) >= 11 is 0. The van der Waals surface area contributed by atoms with E-state index < -0.39 is 0 Å². The molecule has 0 aliphatic rings. The fourth-order valence-corrected chi connectivity index (χ4v) is 1.51. The second kappa shape index (κ2) is 7.63. The number of nitrogens with zero attached hydrogens (tertiary/aromatic N) is 1. The summed E-state index contributed by atoms with van der Waals surface area (Å²) in [7, 11) is 5.38. The van der Waals surface area contributed by atoms with E-state index in [1.165, 1.54) is 7.11 Å². The number of carbonyl (C=O) groups excluding carboxylic acids is 1. The Morgan fingerprint density at radius 1 is 1.42 bits per heavy atom. The summed E-state index contributed by atoms with van der Waals surface area (Å²) in [6.45, 7) is 3.24. The Hall–Kier alpha value is -1.75. The monoisotopic (exact) mass is 266 g/mol. The zero-order valence-electron chi connectivity index (χ0n) is 12.0. The molecule has 1 N–H and O–H groups in total. The highest BCUT2D eigenvalue weighted by molar-refractivity contribution is 5.78. The molecule has 0 aliphatic heterocycles. The Labute approximate surface area is 114 Å². The molecule has 1 aromatic rings.